The number of hydrogen-bond donors (Lipinski definition) is 0. The van der Waals surface area contributed by atoms with Crippen molar-refractivity contribution in [2.24, 2.45) is 0 Å². The van der Waals surface area contributed by atoms with E-state index in [9.17, 15) is 9.59 Å². The van der Waals surface area contributed by atoms with Gasteiger partial charge in [-0.2, -0.15) is 0 Å². The lowest BCUT2D eigenvalue weighted by molar-refractivity contribution is 0.0600. The molecule has 0 aliphatic heterocycles. The van der Waals surface area contributed by atoms with E-state index in [4.69, 9.17) is 23.2 Å². The molecule has 1 rings (SSSR count). The average Bonchev–Trinajstić information content (AvgIpc) is 2.26. The molecule has 0 heterocycles. The third-order valence-electron chi connectivity index (χ3n) is 2.02. The largest absolute Gasteiger partial charge is 0.465 e. The fraction of sp³-hybridized carbons (Fsp3) is 0.273. The van der Waals surface area contributed by atoms with E-state index in [1.807, 2.05) is 0 Å². The van der Waals surface area contributed by atoms with Crippen molar-refractivity contribution in [3.8, 4) is 0 Å². The fourth-order valence-electron chi connectivity index (χ4n) is 1.17. The number of carbonyl (C=O) groups excluding carboxylic acids is 2. The number of hydrogen-bond acceptors (Lipinski definition) is 3. The molecule has 0 saturated carbocycles. The van der Waals surface area contributed by atoms with Crippen LogP contribution in [-0.4, -0.2) is 24.2 Å². The monoisotopic (exact) mass is 260 g/mol. The summed E-state index contributed by atoms with van der Waals surface area (Å²) in [4.78, 5) is 22.8. The number of methoxy groups -OCH3 is 1. The Balaban J connectivity index is 3.09. The van der Waals surface area contributed by atoms with Crippen molar-refractivity contribution in [1.29, 1.82) is 0 Å². The number of carbonyl (C=O) groups is 2. The van der Waals surface area contributed by atoms with Gasteiger partial charge in [0.05, 0.1) is 23.1 Å². The second-order valence-electron chi connectivity index (χ2n) is 3.17. The molecule has 0 aromatic heterocycles. The molecule has 0 spiro atoms. The molecule has 0 amide bonds. The van der Waals surface area contributed by atoms with Crippen LogP contribution >= 0.6 is 23.2 Å². The van der Waals surface area contributed by atoms with Crippen molar-refractivity contribution < 1.29 is 14.3 Å². The van der Waals surface area contributed by atoms with Crippen LogP contribution in [0.4, 0.5) is 0 Å². The first-order valence-electron chi connectivity index (χ1n) is 4.53. The number of benzene rings is 1. The first-order chi connectivity index (χ1) is 7.47. The van der Waals surface area contributed by atoms with Gasteiger partial charge in [-0.3, -0.25) is 4.79 Å². The predicted molar refractivity (Wildman–Crippen MR) is 62.4 cm³/mol. The van der Waals surface area contributed by atoms with Gasteiger partial charge in [0.2, 0.25) is 0 Å². The maximum Gasteiger partial charge on any atom is 0.339 e. The molecule has 5 heteroatoms. The summed E-state index contributed by atoms with van der Waals surface area (Å²) in [6.45, 7) is 1.58. The van der Waals surface area contributed by atoms with E-state index in [0.717, 1.165) is 0 Å². The number of alkyl halides is 1. The van der Waals surface area contributed by atoms with Gasteiger partial charge in [0.1, 0.15) is 0 Å². The Kier molecular flexibility index (Phi) is 4.33. The third-order valence-corrected chi connectivity index (χ3v) is 2.53. The minimum Gasteiger partial charge on any atom is -0.465 e. The summed E-state index contributed by atoms with van der Waals surface area (Å²) in [6, 6.07) is 4.36. The molecule has 0 aliphatic carbocycles. The van der Waals surface area contributed by atoms with Crippen molar-refractivity contribution in [1.82, 2.24) is 0 Å². The van der Waals surface area contributed by atoms with Crippen molar-refractivity contribution in [2.75, 3.05) is 7.11 Å². The summed E-state index contributed by atoms with van der Waals surface area (Å²) < 4.78 is 4.53. The van der Waals surface area contributed by atoms with Crippen LogP contribution in [0.3, 0.4) is 0 Å². The number of ether oxygens (including phenoxy) is 1. The maximum atomic E-state index is 11.5. The van der Waals surface area contributed by atoms with Crippen molar-refractivity contribution in [2.45, 2.75) is 12.3 Å². The summed E-state index contributed by atoms with van der Waals surface area (Å²) in [5.41, 5.74) is 0.600. The van der Waals surface area contributed by atoms with Gasteiger partial charge < -0.3 is 4.74 Å². The van der Waals surface area contributed by atoms with E-state index in [1.165, 1.54) is 25.3 Å². The van der Waals surface area contributed by atoms with Crippen molar-refractivity contribution >= 4 is 35.0 Å². The Labute approximate surface area is 103 Å². The van der Waals surface area contributed by atoms with Crippen molar-refractivity contribution in [3.05, 3.63) is 34.3 Å². The minimum absolute atomic E-state index is 0.176. The third kappa shape index (κ3) is 2.74. The van der Waals surface area contributed by atoms with Crippen LogP contribution in [0.2, 0.25) is 5.02 Å². The highest BCUT2D eigenvalue weighted by molar-refractivity contribution is 6.36. The second-order valence-corrected chi connectivity index (χ2v) is 4.23. The van der Waals surface area contributed by atoms with Gasteiger partial charge in [-0.15, -0.1) is 11.6 Å². The van der Waals surface area contributed by atoms with Crippen LogP contribution in [0.5, 0.6) is 0 Å². The lowest BCUT2D eigenvalue weighted by Gasteiger charge is -2.06. The normalized spacial score (nSPS) is 12.0. The quantitative estimate of drug-likeness (QED) is 0.477. The molecule has 0 aliphatic rings. The summed E-state index contributed by atoms with van der Waals surface area (Å²) in [5.74, 6) is -0.775. The van der Waals surface area contributed by atoms with Gasteiger partial charge in [0, 0.05) is 5.56 Å². The molecule has 86 valence electrons. The van der Waals surface area contributed by atoms with Gasteiger partial charge in [0.15, 0.2) is 5.78 Å². The zero-order valence-electron chi connectivity index (χ0n) is 8.79. The fourth-order valence-corrected chi connectivity index (χ4v) is 1.56. The van der Waals surface area contributed by atoms with Gasteiger partial charge in [-0.05, 0) is 19.1 Å². The van der Waals surface area contributed by atoms with E-state index in [1.54, 1.807) is 6.92 Å². The lowest BCUT2D eigenvalue weighted by Crippen LogP contribution is -2.11. The smallest absolute Gasteiger partial charge is 0.339 e. The van der Waals surface area contributed by atoms with Crippen LogP contribution < -0.4 is 0 Å². The predicted octanol–water partition coefficient (Wildman–Crippen LogP) is 2.94. The van der Waals surface area contributed by atoms with E-state index in [0.29, 0.717) is 5.56 Å². The molecule has 1 aromatic carbocycles. The molecule has 0 bridgehead atoms. The Morgan fingerprint density at radius 3 is 2.44 bits per heavy atom. The highest BCUT2D eigenvalue weighted by atomic mass is 35.5. The topological polar surface area (TPSA) is 43.4 Å². The molecular formula is C11H10Cl2O3. The highest BCUT2D eigenvalue weighted by Gasteiger charge is 2.16. The first-order valence-corrected chi connectivity index (χ1v) is 5.35. The zero-order chi connectivity index (χ0) is 12.3. The first kappa shape index (κ1) is 13.0. The summed E-state index contributed by atoms with van der Waals surface area (Å²) in [6.07, 6.45) is 0. The number of esters is 1. The lowest BCUT2D eigenvalue weighted by atomic mass is 10.1. The standard InChI is InChI=1S/C11H10Cl2O3/c1-6(12)10(14)7-3-4-8(9(13)5-7)11(15)16-2/h3-6H,1-2H3. The minimum atomic E-state index is -0.625. The molecule has 1 aromatic rings. The number of rotatable bonds is 3. The van der Waals surface area contributed by atoms with Crippen LogP contribution in [0.1, 0.15) is 27.6 Å². The molecular weight excluding hydrogens is 251 g/mol. The van der Waals surface area contributed by atoms with Crippen LogP contribution in [-0.2, 0) is 4.74 Å². The number of halogens is 2. The van der Waals surface area contributed by atoms with Gasteiger partial charge >= 0.3 is 5.97 Å². The zero-order valence-corrected chi connectivity index (χ0v) is 10.3. The van der Waals surface area contributed by atoms with Crippen LogP contribution in [0.25, 0.3) is 0 Å². The molecule has 1 unspecified atom stereocenters. The van der Waals surface area contributed by atoms with Crippen LogP contribution in [0, 0.1) is 0 Å². The van der Waals surface area contributed by atoms with Crippen LogP contribution in [0.15, 0.2) is 18.2 Å². The van der Waals surface area contributed by atoms with E-state index in [2.05, 4.69) is 4.74 Å². The number of Topliss-reactive ketones (excluding diaryl/α,β-unsaturated/α-hetero) is 1. The Morgan fingerprint density at radius 2 is 2.00 bits per heavy atom. The van der Waals surface area contributed by atoms with Gasteiger partial charge in [-0.1, -0.05) is 17.7 Å². The molecule has 1 atom stereocenters. The Bertz CT molecular complexity index is 427. The molecule has 0 saturated heterocycles. The molecule has 0 N–H and O–H groups in total. The summed E-state index contributed by atoms with van der Waals surface area (Å²) >= 11 is 11.5. The second kappa shape index (κ2) is 5.32. The average molecular weight is 261 g/mol. The molecule has 0 radical (unpaired) electrons. The number of ketones is 1. The van der Waals surface area contributed by atoms with Crippen molar-refractivity contribution in [3.63, 3.8) is 0 Å². The Hall–Kier alpha value is -1.06. The van der Waals surface area contributed by atoms with Gasteiger partial charge in [0.25, 0.3) is 0 Å². The van der Waals surface area contributed by atoms with E-state index < -0.39 is 11.3 Å². The SMILES string of the molecule is COC(=O)c1ccc(C(=O)C(C)Cl)cc1Cl. The molecule has 16 heavy (non-hydrogen) atoms. The van der Waals surface area contributed by atoms with E-state index >= 15 is 0 Å². The summed E-state index contributed by atoms with van der Waals surface area (Å²) in [5, 5.41) is -0.449. The maximum absolute atomic E-state index is 11.5. The molecule has 3 nitrogen and oxygen atoms in total. The highest BCUT2D eigenvalue weighted by Crippen LogP contribution is 2.20. The Morgan fingerprint density at radius 1 is 1.38 bits per heavy atom. The van der Waals surface area contributed by atoms with Gasteiger partial charge in [-0.25, -0.2) is 4.79 Å². The molecule has 0 fully saturated rings. The summed E-state index contributed by atoms with van der Waals surface area (Å²) in [7, 11) is 1.26. The van der Waals surface area contributed by atoms with E-state index in [-0.39, 0.29) is 16.4 Å².